The van der Waals surface area contributed by atoms with Gasteiger partial charge in [-0.25, -0.2) is 9.97 Å². The Morgan fingerprint density at radius 1 is 1.29 bits per heavy atom. The zero-order valence-corrected chi connectivity index (χ0v) is 13.1. The maximum atomic E-state index is 8.93. The van der Waals surface area contributed by atoms with Crippen molar-refractivity contribution in [2.75, 3.05) is 12.4 Å². The second-order valence-electron chi connectivity index (χ2n) is 4.20. The van der Waals surface area contributed by atoms with Crippen molar-refractivity contribution in [2.45, 2.75) is 0 Å². The van der Waals surface area contributed by atoms with Crippen LogP contribution in [-0.2, 0) is 0 Å². The van der Waals surface area contributed by atoms with Gasteiger partial charge in [-0.2, -0.15) is 5.26 Å². The Bertz CT molecular complexity index is 859. The first-order valence-corrected chi connectivity index (χ1v) is 7.54. The highest BCUT2D eigenvalue weighted by Gasteiger charge is 2.16. The zero-order chi connectivity index (χ0) is 15.0. The molecule has 0 radical (unpaired) electrons. The minimum atomic E-state index is 0.414. The van der Waals surface area contributed by atoms with Gasteiger partial charge in [0.1, 0.15) is 10.8 Å². The summed E-state index contributed by atoms with van der Waals surface area (Å²) in [6, 6.07) is 7.04. The van der Waals surface area contributed by atoms with Crippen molar-refractivity contribution >= 4 is 50.6 Å². The third-order valence-corrected chi connectivity index (χ3v) is 4.62. The molecule has 2 heterocycles. The number of thiazole rings is 1. The van der Waals surface area contributed by atoms with E-state index < -0.39 is 0 Å². The number of benzene rings is 1. The molecule has 1 aromatic carbocycles. The summed E-state index contributed by atoms with van der Waals surface area (Å²) in [7, 11) is 1.81. The van der Waals surface area contributed by atoms with E-state index in [1.54, 1.807) is 18.3 Å². The van der Waals surface area contributed by atoms with Crippen LogP contribution in [0.4, 0.5) is 5.82 Å². The molecule has 104 valence electrons. The van der Waals surface area contributed by atoms with E-state index in [4.69, 9.17) is 28.5 Å². The van der Waals surface area contributed by atoms with E-state index in [-0.39, 0.29) is 0 Å². The van der Waals surface area contributed by atoms with E-state index >= 15 is 0 Å². The molecule has 1 N–H and O–H groups in total. The third-order valence-electron chi connectivity index (χ3n) is 2.93. The fraction of sp³-hybridized carbons (Fsp3) is 0.0714. The number of halogens is 2. The summed E-state index contributed by atoms with van der Waals surface area (Å²) in [5.74, 6) is 0.761. The molecule has 7 heteroatoms. The normalized spacial score (nSPS) is 10.6. The van der Waals surface area contributed by atoms with E-state index in [9.17, 15) is 0 Å². The van der Waals surface area contributed by atoms with Crippen LogP contribution in [0.15, 0.2) is 24.4 Å². The summed E-state index contributed by atoms with van der Waals surface area (Å²) in [6.45, 7) is 0. The van der Waals surface area contributed by atoms with Crippen molar-refractivity contribution in [3.8, 4) is 16.6 Å². The number of aromatic nitrogens is 2. The van der Waals surface area contributed by atoms with Crippen molar-refractivity contribution < 1.29 is 0 Å². The molecule has 4 nitrogen and oxygen atoms in total. The van der Waals surface area contributed by atoms with Crippen LogP contribution in [0.2, 0.25) is 10.0 Å². The fourth-order valence-corrected chi connectivity index (χ4v) is 3.89. The monoisotopic (exact) mass is 334 g/mol. The van der Waals surface area contributed by atoms with Gasteiger partial charge in [-0.15, -0.1) is 11.3 Å². The van der Waals surface area contributed by atoms with Crippen LogP contribution in [0.3, 0.4) is 0 Å². The van der Waals surface area contributed by atoms with E-state index in [0.717, 1.165) is 16.0 Å². The SMILES string of the molecule is CNc1nccc2nc(-c3c(Cl)cc(C#N)cc3Cl)sc12. The Morgan fingerprint density at radius 3 is 2.62 bits per heavy atom. The maximum absolute atomic E-state index is 8.93. The van der Waals surface area contributed by atoms with Crippen LogP contribution < -0.4 is 5.32 Å². The number of rotatable bonds is 2. The number of nitriles is 1. The molecule has 21 heavy (non-hydrogen) atoms. The lowest BCUT2D eigenvalue weighted by Crippen LogP contribution is -1.90. The molecule has 2 aromatic heterocycles. The second-order valence-corrected chi connectivity index (χ2v) is 6.02. The minimum absolute atomic E-state index is 0.414. The fourth-order valence-electron chi connectivity index (χ4n) is 1.98. The molecule has 0 spiro atoms. The molecule has 0 bridgehead atoms. The van der Waals surface area contributed by atoms with Gasteiger partial charge in [0.15, 0.2) is 0 Å². The number of nitrogens with zero attached hydrogens (tertiary/aromatic N) is 3. The molecule has 0 unspecified atom stereocenters. The largest absolute Gasteiger partial charge is 0.372 e. The standard InChI is InChI=1S/C14H8Cl2N4S/c1-18-13-12-10(2-3-19-13)20-14(21-12)11-8(15)4-7(6-17)5-9(11)16/h2-5H,1H3,(H,18,19). The summed E-state index contributed by atoms with van der Waals surface area (Å²) in [5, 5.41) is 13.5. The van der Waals surface area contributed by atoms with Crippen LogP contribution in [0.1, 0.15) is 5.56 Å². The molecule has 0 aliphatic heterocycles. The van der Waals surface area contributed by atoms with Gasteiger partial charge in [0.05, 0.1) is 31.9 Å². The van der Waals surface area contributed by atoms with E-state index in [0.29, 0.717) is 26.2 Å². The number of hydrogen-bond acceptors (Lipinski definition) is 5. The highest BCUT2D eigenvalue weighted by molar-refractivity contribution is 7.22. The topological polar surface area (TPSA) is 61.6 Å². The molecule has 0 aliphatic rings. The van der Waals surface area contributed by atoms with Crippen molar-refractivity contribution in [3.63, 3.8) is 0 Å². The summed E-state index contributed by atoms with van der Waals surface area (Å²) in [6.07, 6.45) is 1.69. The van der Waals surface area contributed by atoms with Gasteiger partial charge in [0, 0.05) is 18.8 Å². The Labute approximate surface area is 135 Å². The van der Waals surface area contributed by atoms with Crippen LogP contribution in [0, 0.1) is 11.3 Å². The predicted octanol–water partition coefficient (Wildman–Crippen LogP) is 4.58. The molecule has 0 saturated carbocycles. The van der Waals surface area contributed by atoms with Gasteiger partial charge in [-0.3, -0.25) is 0 Å². The number of nitrogens with one attached hydrogen (secondary N) is 1. The van der Waals surface area contributed by atoms with Crippen LogP contribution >= 0.6 is 34.5 Å². The first kappa shape index (κ1) is 14.1. The maximum Gasteiger partial charge on any atom is 0.145 e. The quantitative estimate of drug-likeness (QED) is 0.745. The average molecular weight is 335 g/mol. The molecule has 0 atom stereocenters. The highest BCUT2D eigenvalue weighted by atomic mass is 35.5. The molecule has 0 amide bonds. The molecule has 0 fully saturated rings. The minimum Gasteiger partial charge on any atom is -0.372 e. The van der Waals surface area contributed by atoms with Gasteiger partial charge >= 0.3 is 0 Å². The lowest BCUT2D eigenvalue weighted by Gasteiger charge is -2.03. The van der Waals surface area contributed by atoms with Crippen molar-refractivity contribution in [3.05, 3.63) is 40.0 Å². The van der Waals surface area contributed by atoms with Gasteiger partial charge < -0.3 is 5.32 Å². The van der Waals surface area contributed by atoms with Gasteiger partial charge in [0.2, 0.25) is 0 Å². The molecular formula is C14H8Cl2N4S. The Kier molecular flexibility index (Phi) is 3.68. The number of anilines is 1. The molecular weight excluding hydrogens is 327 g/mol. The Balaban J connectivity index is 2.24. The van der Waals surface area contributed by atoms with Crippen molar-refractivity contribution in [1.82, 2.24) is 9.97 Å². The van der Waals surface area contributed by atoms with E-state index in [2.05, 4.69) is 15.3 Å². The predicted molar refractivity (Wildman–Crippen MR) is 87.1 cm³/mol. The first-order chi connectivity index (χ1) is 10.1. The van der Waals surface area contributed by atoms with Crippen molar-refractivity contribution in [1.29, 1.82) is 5.26 Å². The van der Waals surface area contributed by atoms with Crippen LogP contribution in [0.5, 0.6) is 0 Å². The second kappa shape index (κ2) is 5.49. The lowest BCUT2D eigenvalue weighted by atomic mass is 10.1. The molecule has 3 rings (SSSR count). The number of fused-ring (bicyclic) bond motifs is 1. The van der Waals surface area contributed by atoms with Gasteiger partial charge in [0.25, 0.3) is 0 Å². The van der Waals surface area contributed by atoms with Gasteiger partial charge in [-0.1, -0.05) is 23.2 Å². The third kappa shape index (κ3) is 2.42. The first-order valence-electron chi connectivity index (χ1n) is 5.97. The van der Waals surface area contributed by atoms with E-state index in [1.165, 1.54) is 11.3 Å². The van der Waals surface area contributed by atoms with Crippen molar-refractivity contribution in [2.24, 2.45) is 0 Å². The number of hydrogen-bond donors (Lipinski definition) is 1. The molecule has 0 aliphatic carbocycles. The van der Waals surface area contributed by atoms with Gasteiger partial charge in [-0.05, 0) is 18.2 Å². The molecule has 0 saturated heterocycles. The number of pyridine rings is 1. The highest BCUT2D eigenvalue weighted by Crippen LogP contribution is 2.40. The smallest absolute Gasteiger partial charge is 0.145 e. The zero-order valence-electron chi connectivity index (χ0n) is 10.8. The summed E-state index contributed by atoms with van der Waals surface area (Å²) in [5.41, 5.74) is 1.89. The summed E-state index contributed by atoms with van der Waals surface area (Å²) < 4.78 is 0.937. The van der Waals surface area contributed by atoms with Crippen LogP contribution in [0.25, 0.3) is 20.8 Å². The molecule has 3 aromatic rings. The Hall–Kier alpha value is -1.87. The Morgan fingerprint density at radius 2 is 2.00 bits per heavy atom. The lowest BCUT2D eigenvalue weighted by molar-refractivity contribution is 1.31. The van der Waals surface area contributed by atoms with Crippen LogP contribution in [-0.4, -0.2) is 17.0 Å². The van der Waals surface area contributed by atoms with E-state index in [1.807, 2.05) is 19.2 Å². The summed E-state index contributed by atoms with van der Waals surface area (Å²) >= 11 is 14.0. The summed E-state index contributed by atoms with van der Waals surface area (Å²) in [4.78, 5) is 8.81. The average Bonchev–Trinajstić information content (AvgIpc) is 2.89.